The summed E-state index contributed by atoms with van der Waals surface area (Å²) in [7, 11) is 1.75. The van der Waals surface area contributed by atoms with Crippen molar-refractivity contribution in [3.05, 3.63) is 5.01 Å². The van der Waals surface area contributed by atoms with Gasteiger partial charge in [0.15, 0.2) is 0 Å². The Hall–Kier alpha value is -1.17. The van der Waals surface area contributed by atoms with Gasteiger partial charge in [0.05, 0.1) is 0 Å². The van der Waals surface area contributed by atoms with Crippen LogP contribution in [0.15, 0.2) is 0 Å². The molecule has 0 radical (unpaired) electrons. The Kier molecular flexibility index (Phi) is 4.67. The largest absolute Gasteiger partial charge is 0.363 e. The van der Waals surface area contributed by atoms with Crippen LogP contribution in [0.5, 0.6) is 0 Å². The molecule has 0 aliphatic heterocycles. The molecule has 0 aromatic carbocycles. The standard InChI is InChI=1S/C10H18N4OS/c1-6(2)5-7(3)12-8(15)9-13-14-10(11-4)16-9/h6-7H,5H2,1-4H3,(H,11,14)(H,12,15). The van der Waals surface area contributed by atoms with Crippen molar-refractivity contribution < 1.29 is 4.79 Å². The van der Waals surface area contributed by atoms with Crippen LogP contribution in [0.2, 0.25) is 0 Å². The van der Waals surface area contributed by atoms with Crippen molar-refractivity contribution >= 4 is 22.4 Å². The molecule has 0 saturated heterocycles. The highest BCUT2D eigenvalue weighted by molar-refractivity contribution is 7.17. The molecule has 0 fully saturated rings. The van der Waals surface area contributed by atoms with Crippen LogP contribution in [-0.4, -0.2) is 29.2 Å². The predicted octanol–water partition coefficient (Wildman–Crippen LogP) is 1.74. The van der Waals surface area contributed by atoms with Crippen LogP contribution in [0, 0.1) is 5.92 Å². The van der Waals surface area contributed by atoms with E-state index in [2.05, 4.69) is 34.7 Å². The summed E-state index contributed by atoms with van der Waals surface area (Å²) in [6.45, 7) is 6.26. The molecule has 1 heterocycles. The highest BCUT2D eigenvalue weighted by atomic mass is 32.1. The fourth-order valence-corrected chi connectivity index (χ4v) is 2.07. The van der Waals surface area contributed by atoms with E-state index in [-0.39, 0.29) is 11.9 Å². The van der Waals surface area contributed by atoms with Crippen LogP contribution in [0.4, 0.5) is 5.13 Å². The predicted molar refractivity (Wildman–Crippen MR) is 65.8 cm³/mol. The Labute approximate surface area is 99.7 Å². The monoisotopic (exact) mass is 242 g/mol. The lowest BCUT2D eigenvalue weighted by Gasteiger charge is -2.14. The molecule has 0 aliphatic carbocycles. The zero-order chi connectivity index (χ0) is 12.1. The fourth-order valence-electron chi connectivity index (χ4n) is 1.47. The Morgan fingerprint density at radius 2 is 2.06 bits per heavy atom. The Morgan fingerprint density at radius 3 is 2.56 bits per heavy atom. The Bertz CT molecular complexity index is 350. The van der Waals surface area contributed by atoms with Crippen LogP contribution in [-0.2, 0) is 0 Å². The molecule has 1 amide bonds. The molecule has 0 saturated carbocycles. The summed E-state index contributed by atoms with van der Waals surface area (Å²) in [5.74, 6) is 0.421. The quantitative estimate of drug-likeness (QED) is 0.825. The average molecular weight is 242 g/mol. The minimum absolute atomic E-state index is 0.146. The van der Waals surface area contributed by atoms with Gasteiger partial charge in [0.2, 0.25) is 10.1 Å². The van der Waals surface area contributed by atoms with Crippen LogP contribution < -0.4 is 10.6 Å². The number of hydrogen-bond donors (Lipinski definition) is 2. The van der Waals surface area contributed by atoms with Crippen molar-refractivity contribution in [3.8, 4) is 0 Å². The third-order valence-electron chi connectivity index (χ3n) is 2.04. The molecule has 2 N–H and O–H groups in total. The molecular formula is C10H18N4OS. The third kappa shape index (κ3) is 3.77. The Balaban J connectivity index is 2.51. The first-order valence-electron chi connectivity index (χ1n) is 5.35. The highest BCUT2D eigenvalue weighted by Gasteiger charge is 2.15. The molecule has 0 bridgehead atoms. The molecule has 0 aliphatic rings. The van der Waals surface area contributed by atoms with Gasteiger partial charge < -0.3 is 10.6 Å². The summed E-state index contributed by atoms with van der Waals surface area (Å²) in [5.41, 5.74) is 0. The van der Waals surface area contributed by atoms with Crippen LogP contribution in [0.3, 0.4) is 0 Å². The van der Waals surface area contributed by atoms with E-state index in [1.807, 2.05) is 6.92 Å². The van der Waals surface area contributed by atoms with Crippen molar-refractivity contribution in [1.29, 1.82) is 0 Å². The summed E-state index contributed by atoms with van der Waals surface area (Å²) in [4.78, 5) is 11.7. The first kappa shape index (κ1) is 12.9. The van der Waals surface area contributed by atoms with E-state index in [4.69, 9.17) is 0 Å². The van der Waals surface area contributed by atoms with Gasteiger partial charge in [0, 0.05) is 13.1 Å². The zero-order valence-corrected chi connectivity index (χ0v) is 10.9. The van der Waals surface area contributed by atoms with Gasteiger partial charge in [-0.1, -0.05) is 25.2 Å². The minimum Gasteiger partial charge on any atom is -0.363 e. The average Bonchev–Trinajstić information content (AvgIpc) is 2.64. The number of hydrogen-bond acceptors (Lipinski definition) is 5. The van der Waals surface area contributed by atoms with E-state index in [9.17, 15) is 4.79 Å². The van der Waals surface area contributed by atoms with Crippen molar-refractivity contribution in [2.45, 2.75) is 33.2 Å². The van der Waals surface area contributed by atoms with Gasteiger partial charge in [-0.15, -0.1) is 10.2 Å². The normalized spacial score (nSPS) is 12.6. The Morgan fingerprint density at radius 1 is 1.38 bits per heavy atom. The number of rotatable bonds is 5. The van der Waals surface area contributed by atoms with E-state index >= 15 is 0 Å². The van der Waals surface area contributed by atoms with E-state index in [1.165, 1.54) is 11.3 Å². The number of anilines is 1. The number of carbonyl (C=O) groups is 1. The fraction of sp³-hybridized carbons (Fsp3) is 0.700. The molecule has 1 aromatic rings. The molecule has 1 unspecified atom stereocenters. The van der Waals surface area contributed by atoms with E-state index < -0.39 is 0 Å². The van der Waals surface area contributed by atoms with Gasteiger partial charge in [-0.25, -0.2) is 0 Å². The van der Waals surface area contributed by atoms with E-state index in [0.29, 0.717) is 16.1 Å². The summed E-state index contributed by atoms with van der Waals surface area (Å²) in [6.07, 6.45) is 0.962. The lowest BCUT2D eigenvalue weighted by molar-refractivity contribution is 0.0935. The molecule has 6 heteroatoms. The number of nitrogens with one attached hydrogen (secondary N) is 2. The molecule has 16 heavy (non-hydrogen) atoms. The number of amides is 1. The molecule has 90 valence electrons. The van der Waals surface area contributed by atoms with E-state index in [1.54, 1.807) is 7.05 Å². The van der Waals surface area contributed by atoms with Gasteiger partial charge in [0.25, 0.3) is 5.91 Å². The summed E-state index contributed by atoms with van der Waals surface area (Å²) < 4.78 is 0. The van der Waals surface area contributed by atoms with Crippen molar-refractivity contribution in [1.82, 2.24) is 15.5 Å². The second kappa shape index (κ2) is 5.79. The first-order valence-corrected chi connectivity index (χ1v) is 6.16. The lowest BCUT2D eigenvalue weighted by Crippen LogP contribution is -2.33. The molecule has 0 spiro atoms. The molecular weight excluding hydrogens is 224 g/mol. The zero-order valence-electron chi connectivity index (χ0n) is 10.1. The van der Waals surface area contributed by atoms with Gasteiger partial charge in [-0.05, 0) is 19.3 Å². The summed E-state index contributed by atoms with van der Waals surface area (Å²) in [6, 6.07) is 0.162. The molecule has 1 atom stereocenters. The van der Waals surface area contributed by atoms with Crippen molar-refractivity contribution in [3.63, 3.8) is 0 Å². The maximum Gasteiger partial charge on any atom is 0.282 e. The number of nitrogens with zero attached hydrogens (tertiary/aromatic N) is 2. The summed E-state index contributed by atoms with van der Waals surface area (Å²) in [5, 5.41) is 14.4. The number of aromatic nitrogens is 2. The van der Waals surface area contributed by atoms with Crippen LogP contribution in [0.25, 0.3) is 0 Å². The first-order chi connectivity index (χ1) is 7.52. The minimum atomic E-state index is -0.146. The molecule has 5 nitrogen and oxygen atoms in total. The van der Waals surface area contributed by atoms with Gasteiger partial charge in [0.1, 0.15) is 0 Å². The molecule has 1 aromatic heterocycles. The molecule has 1 rings (SSSR count). The van der Waals surface area contributed by atoms with Gasteiger partial charge in [-0.3, -0.25) is 4.79 Å². The summed E-state index contributed by atoms with van der Waals surface area (Å²) >= 11 is 1.26. The third-order valence-corrected chi connectivity index (χ3v) is 2.98. The number of carbonyl (C=O) groups excluding carboxylic acids is 1. The second-order valence-electron chi connectivity index (χ2n) is 4.17. The topological polar surface area (TPSA) is 66.9 Å². The maximum atomic E-state index is 11.7. The van der Waals surface area contributed by atoms with Gasteiger partial charge in [-0.2, -0.15) is 0 Å². The maximum absolute atomic E-state index is 11.7. The second-order valence-corrected chi connectivity index (χ2v) is 5.14. The van der Waals surface area contributed by atoms with Crippen molar-refractivity contribution in [2.75, 3.05) is 12.4 Å². The van der Waals surface area contributed by atoms with Crippen LogP contribution in [0.1, 0.15) is 37.0 Å². The van der Waals surface area contributed by atoms with E-state index in [0.717, 1.165) is 6.42 Å². The van der Waals surface area contributed by atoms with Gasteiger partial charge >= 0.3 is 0 Å². The smallest absolute Gasteiger partial charge is 0.282 e. The SMILES string of the molecule is CNc1nnc(C(=O)NC(C)CC(C)C)s1. The highest BCUT2D eigenvalue weighted by Crippen LogP contribution is 2.14. The van der Waals surface area contributed by atoms with Crippen molar-refractivity contribution in [2.24, 2.45) is 5.92 Å². The van der Waals surface area contributed by atoms with Crippen LogP contribution >= 0.6 is 11.3 Å². The lowest BCUT2D eigenvalue weighted by atomic mass is 10.1.